The first-order chi connectivity index (χ1) is 17.1. The molecule has 0 atom stereocenters. The quantitative estimate of drug-likeness (QED) is 0.402. The Hall–Kier alpha value is -1.98. The van der Waals surface area contributed by atoms with E-state index in [-0.39, 0.29) is 6.04 Å². The summed E-state index contributed by atoms with van der Waals surface area (Å²) in [5.41, 5.74) is 19.9. The molecule has 36 heavy (non-hydrogen) atoms. The van der Waals surface area contributed by atoms with E-state index in [1.165, 1.54) is 23.9 Å². The number of nitrogens with zero attached hydrogens (tertiary/aromatic N) is 2. The average molecular weight is 523 g/mol. The van der Waals surface area contributed by atoms with E-state index < -0.39 is 11.7 Å². The average Bonchev–Trinajstić information content (AvgIpc) is 2.84. The molecule has 2 fully saturated rings. The van der Waals surface area contributed by atoms with Gasteiger partial charge >= 0.3 is 6.18 Å². The fourth-order valence-corrected chi connectivity index (χ4v) is 5.97. The van der Waals surface area contributed by atoms with Gasteiger partial charge in [0.05, 0.1) is 16.9 Å². The van der Waals surface area contributed by atoms with Gasteiger partial charge in [0.2, 0.25) is 0 Å². The Morgan fingerprint density at radius 3 is 2.19 bits per heavy atom. The van der Waals surface area contributed by atoms with Gasteiger partial charge in [-0.15, -0.1) is 0 Å². The van der Waals surface area contributed by atoms with Crippen molar-refractivity contribution in [2.75, 3.05) is 49.5 Å². The van der Waals surface area contributed by atoms with Crippen LogP contribution in [0.2, 0.25) is 0 Å². The summed E-state index contributed by atoms with van der Waals surface area (Å²) < 4.78 is 39.4. The molecule has 5 rings (SSSR count). The van der Waals surface area contributed by atoms with Crippen molar-refractivity contribution in [2.24, 2.45) is 17.2 Å². The second-order valence-electron chi connectivity index (χ2n) is 9.86. The van der Waals surface area contributed by atoms with Gasteiger partial charge in [-0.05, 0) is 81.6 Å². The lowest BCUT2D eigenvalue weighted by Gasteiger charge is -2.33. The number of aryl methyl sites for hydroxylation is 1. The van der Waals surface area contributed by atoms with E-state index in [9.17, 15) is 13.2 Å². The number of hydrogen-bond donors (Lipinski definition) is 4. The first-order valence-corrected chi connectivity index (χ1v) is 13.4. The predicted octanol–water partition coefficient (Wildman–Crippen LogP) is 4.52. The van der Waals surface area contributed by atoms with Crippen molar-refractivity contribution in [1.29, 1.82) is 0 Å². The van der Waals surface area contributed by atoms with E-state index in [2.05, 4.69) is 27.2 Å². The Labute approximate surface area is 215 Å². The molecular formula is C26H37F3N6S. The molecule has 2 aromatic carbocycles. The molecule has 0 aromatic heterocycles. The number of likely N-dealkylation sites (tertiary alicyclic amines) is 1. The number of piperidine rings is 2. The van der Waals surface area contributed by atoms with Crippen LogP contribution in [-0.2, 0) is 6.18 Å². The first-order valence-electron chi connectivity index (χ1n) is 12.6. The number of nitrogens with one attached hydrogen (secondary N) is 1. The van der Waals surface area contributed by atoms with Gasteiger partial charge in [-0.2, -0.15) is 13.2 Å². The third kappa shape index (κ3) is 6.66. The van der Waals surface area contributed by atoms with Crippen LogP contribution in [0.15, 0.2) is 40.1 Å². The van der Waals surface area contributed by atoms with E-state index in [4.69, 9.17) is 17.2 Å². The van der Waals surface area contributed by atoms with Crippen LogP contribution in [0.1, 0.15) is 36.8 Å². The molecule has 2 saturated heterocycles. The van der Waals surface area contributed by atoms with Crippen LogP contribution in [0.3, 0.4) is 0 Å². The lowest BCUT2D eigenvalue weighted by atomic mass is 10.1. The van der Waals surface area contributed by atoms with Gasteiger partial charge in [0.15, 0.2) is 0 Å². The second-order valence-corrected chi connectivity index (χ2v) is 10.9. The third-order valence-corrected chi connectivity index (χ3v) is 8.15. The maximum absolute atomic E-state index is 13.1. The van der Waals surface area contributed by atoms with Crippen molar-refractivity contribution in [1.82, 2.24) is 4.90 Å². The van der Waals surface area contributed by atoms with Crippen molar-refractivity contribution >= 4 is 28.8 Å². The molecule has 0 spiro atoms. The van der Waals surface area contributed by atoms with Gasteiger partial charge in [-0.25, -0.2) is 0 Å². The summed E-state index contributed by atoms with van der Waals surface area (Å²) in [6, 6.07) is 9.25. The van der Waals surface area contributed by atoms with Gasteiger partial charge in [0.1, 0.15) is 0 Å². The maximum Gasteiger partial charge on any atom is 0.416 e. The Balaban J connectivity index is 0.000000256. The van der Waals surface area contributed by atoms with Crippen molar-refractivity contribution in [3.63, 3.8) is 0 Å². The highest BCUT2D eigenvalue weighted by Crippen LogP contribution is 2.48. The molecule has 0 radical (unpaired) electrons. The van der Waals surface area contributed by atoms with E-state index in [1.54, 1.807) is 6.92 Å². The molecular weight excluding hydrogens is 485 g/mol. The summed E-state index contributed by atoms with van der Waals surface area (Å²) in [5.74, 6) is 0. The van der Waals surface area contributed by atoms with Gasteiger partial charge in [0.25, 0.3) is 0 Å². The van der Waals surface area contributed by atoms with Crippen LogP contribution in [0.5, 0.6) is 0 Å². The summed E-state index contributed by atoms with van der Waals surface area (Å²) >= 11 is 1.39. The lowest BCUT2D eigenvalue weighted by molar-refractivity contribution is -0.137. The Morgan fingerprint density at radius 1 is 0.944 bits per heavy atom. The first kappa shape index (κ1) is 27.1. The Kier molecular flexibility index (Phi) is 8.72. The maximum atomic E-state index is 13.1. The van der Waals surface area contributed by atoms with E-state index in [1.807, 2.05) is 6.07 Å². The molecule has 3 aliphatic rings. The summed E-state index contributed by atoms with van der Waals surface area (Å²) in [7, 11) is 0. The number of fused-ring (bicyclic) bond motifs is 2. The minimum absolute atomic E-state index is 0.260. The summed E-state index contributed by atoms with van der Waals surface area (Å²) in [5, 5.41) is 3.30. The third-order valence-electron chi connectivity index (χ3n) is 7.05. The van der Waals surface area contributed by atoms with Gasteiger partial charge in [-0.1, -0.05) is 11.8 Å². The highest BCUT2D eigenvalue weighted by atomic mass is 32.2. The van der Waals surface area contributed by atoms with Gasteiger partial charge in [0, 0.05) is 53.7 Å². The summed E-state index contributed by atoms with van der Waals surface area (Å²) in [6.45, 7) is 7.61. The van der Waals surface area contributed by atoms with E-state index in [0.717, 1.165) is 86.9 Å². The van der Waals surface area contributed by atoms with Crippen LogP contribution in [0.4, 0.5) is 30.2 Å². The van der Waals surface area contributed by atoms with Crippen LogP contribution in [-0.4, -0.2) is 56.3 Å². The van der Waals surface area contributed by atoms with E-state index in [0.29, 0.717) is 16.5 Å². The molecule has 7 N–H and O–H groups in total. The molecule has 0 aliphatic carbocycles. The molecule has 3 aliphatic heterocycles. The molecule has 0 bridgehead atoms. The zero-order valence-corrected chi connectivity index (χ0v) is 21.6. The number of benzene rings is 2. The normalized spacial score (nSPS) is 19.1. The SMILES string of the molecule is Cc1cc(C(F)(F)F)cc2c1Nc1ccc(N3CCC(N)CC3)cc1S2.NCCN1CCC(N)CC1. The van der Waals surface area contributed by atoms with Crippen LogP contribution >= 0.6 is 11.8 Å². The summed E-state index contributed by atoms with van der Waals surface area (Å²) in [6.07, 6.45) is -0.145. The fraction of sp³-hybridized carbons (Fsp3) is 0.538. The largest absolute Gasteiger partial charge is 0.416 e. The highest BCUT2D eigenvalue weighted by molar-refractivity contribution is 7.99. The van der Waals surface area contributed by atoms with Crippen LogP contribution in [0, 0.1) is 6.92 Å². The molecule has 3 heterocycles. The van der Waals surface area contributed by atoms with Gasteiger partial charge < -0.3 is 32.3 Å². The minimum Gasteiger partial charge on any atom is -0.371 e. The molecule has 0 amide bonds. The minimum atomic E-state index is -4.34. The molecule has 0 saturated carbocycles. The standard InChI is InChI=1S/C19H20F3N3S.C7H17N3/c1-11-8-12(19(20,21)22)9-17-18(11)24-15-3-2-14(10-16(15)26-17)25-6-4-13(23)5-7-25;8-3-6-10-4-1-7(9)2-5-10/h2-3,8-10,13,24H,4-7,23H2,1H3;7H,1-6,8-9H2. The topological polar surface area (TPSA) is 96.6 Å². The number of halogens is 3. The number of alkyl halides is 3. The predicted molar refractivity (Wildman–Crippen MR) is 142 cm³/mol. The van der Waals surface area contributed by atoms with Crippen molar-refractivity contribution in [2.45, 2.75) is 60.7 Å². The van der Waals surface area contributed by atoms with Crippen LogP contribution < -0.4 is 27.4 Å². The Bertz CT molecular complexity index is 1030. The fourth-order valence-electron chi connectivity index (χ4n) is 4.82. The molecule has 198 valence electrons. The number of nitrogens with two attached hydrogens (primary N) is 3. The molecule has 2 aromatic rings. The Morgan fingerprint density at radius 2 is 1.58 bits per heavy atom. The zero-order chi connectivity index (χ0) is 25.9. The molecule has 0 unspecified atom stereocenters. The van der Waals surface area contributed by atoms with Crippen LogP contribution in [0.25, 0.3) is 0 Å². The monoisotopic (exact) mass is 522 g/mol. The number of rotatable bonds is 3. The molecule has 10 heteroatoms. The lowest BCUT2D eigenvalue weighted by Crippen LogP contribution is -2.41. The van der Waals surface area contributed by atoms with Crippen molar-refractivity contribution in [3.8, 4) is 0 Å². The van der Waals surface area contributed by atoms with E-state index >= 15 is 0 Å². The smallest absolute Gasteiger partial charge is 0.371 e. The zero-order valence-electron chi connectivity index (χ0n) is 20.8. The molecule has 6 nitrogen and oxygen atoms in total. The number of anilines is 3. The number of hydrogen-bond acceptors (Lipinski definition) is 7. The summed E-state index contributed by atoms with van der Waals surface area (Å²) in [4.78, 5) is 6.23. The van der Waals surface area contributed by atoms with Crippen molar-refractivity contribution in [3.05, 3.63) is 41.5 Å². The highest BCUT2D eigenvalue weighted by Gasteiger charge is 2.33. The van der Waals surface area contributed by atoms with Gasteiger partial charge in [-0.3, -0.25) is 0 Å². The van der Waals surface area contributed by atoms with Crippen molar-refractivity contribution < 1.29 is 13.2 Å². The second kappa shape index (κ2) is 11.6.